The van der Waals surface area contributed by atoms with Crippen molar-refractivity contribution in [2.75, 3.05) is 26.2 Å². The highest BCUT2D eigenvalue weighted by molar-refractivity contribution is 5.69. The Hall–Kier alpha value is -1.81. The number of hydrogen-bond acceptors (Lipinski definition) is 3. The van der Waals surface area contributed by atoms with E-state index in [0.717, 1.165) is 44.0 Å². The topological polar surface area (TPSA) is 41.1 Å². The van der Waals surface area contributed by atoms with Crippen LogP contribution in [0.1, 0.15) is 30.4 Å². The van der Waals surface area contributed by atoms with E-state index >= 15 is 0 Å². The first-order valence-electron chi connectivity index (χ1n) is 8.42. The minimum absolute atomic E-state index is 0.735. The molecular formula is C18H23N3O. The molecule has 116 valence electrons. The Bertz CT molecular complexity index is 644. The molecule has 1 fully saturated rings. The fourth-order valence-corrected chi connectivity index (χ4v) is 3.64. The maximum atomic E-state index is 5.99. The van der Waals surface area contributed by atoms with Gasteiger partial charge in [0.1, 0.15) is 6.61 Å². The fourth-order valence-electron chi connectivity index (χ4n) is 3.64. The van der Waals surface area contributed by atoms with E-state index in [0.29, 0.717) is 0 Å². The molecule has 1 saturated heterocycles. The molecule has 0 unspecified atom stereocenters. The number of H-pyrrole nitrogens is 1. The van der Waals surface area contributed by atoms with Crippen LogP contribution < -0.4 is 4.74 Å². The van der Waals surface area contributed by atoms with Crippen molar-refractivity contribution in [1.82, 2.24) is 15.1 Å². The first-order valence-corrected chi connectivity index (χ1v) is 8.42. The quantitative estimate of drug-likeness (QED) is 0.943. The van der Waals surface area contributed by atoms with Crippen molar-refractivity contribution in [2.45, 2.75) is 32.1 Å². The van der Waals surface area contributed by atoms with Crippen molar-refractivity contribution in [1.29, 1.82) is 0 Å². The van der Waals surface area contributed by atoms with E-state index < -0.39 is 0 Å². The molecule has 1 aliphatic heterocycles. The van der Waals surface area contributed by atoms with E-state index in [4.69, 9.17) is 4.74 Å². The van der Waals surface area contributed by atoms with Gasteiger partial charge in [0, 0.05) is 17.7 Å². The molecule has 2 aromatic rings. The van der Waals surface area contributed by atoms with Crippen LogP contribution in [0.15, 0.2) is 24.3 Å². The van der Waals surface area contributed by atoms with Crippen LogP contribution in [0, 0.1) is 0 Å². The molecule has 4 heteroatoms. The normalized spacial score (nSPS) is 17.8. The molecular weight excluding hydrogens is 274 g/mol. The molecule has 22 heavy (non-hydrogen) atoms. The summed E-state index contributed by atoms with van der Waals surface area (Å²) in [6.45, 7) is 4.18. The van der Waals surface area contributed by atoms with E-state index in [2.05, 4.69) is 39.4 Å². The van der Waals surface area contributed by atoms with E-state index in [-0.39, 0.29) is 0 Å². The van der Waals surface area contributed by atoms with Crippen LogP contribution in [0.2, 0.25) is 0 Å². The fraction of sp³-hybridized carbons (Fsp3) is 0.500. The highest BCUT2D eigenvalue weighted by Gasteiger charge is 2.21. The summed E-state index contributed by atoms with van der Waals surface area (Å²) in [4.78, 5) is 2.47. The van der Waals surface area contributed by atoms with Crippen LogP contribution in [0.3, 0.4) is 0 Å². The number of nitrogens with zero attached hydrogens (tertiary/aromatic N) is 2. The lowest BCUT2D eigenvalue weighted by atomic mass is 10.0. The van der Waals surface area contributed by atoms with Gasteiger partial charge in [-0.3, -0.25) is 10.00 Å². The number of aryl methyl sites for hydroxylation is 1. The molecule has 1 aromatic heterocycles. The summed E-state index contributed by atoms with van der Waals surface area (Å²) in [5.74, 6) is 0.811. The molecule has 4 rings (SSSR count). The van der Waals surface area contributed by atoms with Crippen LogP contribution in [0.5, 0.6) is 5.88 Å². The number of aromatic amines is 1. The summed E-state index contributed by atoms with van der Waals surface area (Å²) in [5.41, 5.74) is 5.11. The van der Waals surface area contributed by atoms with Gasteiger partial charge in [0.05, 0.1) is 5.69 Å². The summed E-state index contributed by atoms with van der Waals surface area (Å²) < 4.78 is 5.99. The monoisotopic (exact) mass is 297 g/mol. The van der Waals surface area contributed by atoms with Gasteiger partial charge in [-0.05, 0) is 50.8 Å². The molecule has 0 atom stereocenters. The predicted octanol–water partition coefficient (Wildman–Crippen LogP) is 3.04. The van der Waals surface area contributed by atoms with Gasteiger partial charge in [0.15, 0.2) is 0 Å². The molecule has 2 aliphatic rings. The van der Waals surface area contributed by atoms with Crippen molar-refractivity contribution in [3.63, 3.8) is 0 Å². The van der Waals surface area contributed by atoms with Crippen molar-refractivity contribution in [3.8, 4) is 17.1 Å². The average molecular weight is 297 g/mol. The molecule has 0 amide bonds. The highest BCUT2D eigenvalue weighted by Crippen LogP contribution is 2.35. The molecule has 2 heterocycles. The number of benzene rings is 1. The maximum absolute atomic E-state index is 5.99. The number of nitrogens with one attached hydrogen (secondary N) is 1. The number of fused-ring (bicyclic) bond motifs is 3. The number of aromatic nitrogens is 2. The molecule has 4 nitrogen and oxygen atoms in total. The van der Waals surface area contributed by atoms with Gasteiger partial charge in [-0.15, -0.1) is 5.10 Å². The molecule has 0 radical (unpaired) electrons. The Balaban J connectivity index is 1.50. The van der Waals surface area contributed by atoms with E-state index in [1.165, 1.54) is 42.6 Å². The van der Waals surface area contributed by atoms with Crippen molar-refractivity contribution in [2.24, 2.45) is 0 Å². The molecule has 1 N–H and O–H groups in total. The Morgan fingerprint density at radius 1 is 1.09 bits per heavy atom. The van der Waals surface area contributed by atoms with Gasteiger partial charge in [-0.1, -0.05) is 24.3 Å². The molecule has 0 saturated carbocycles. The Kier molecular flexibility index (Phi) is 3.85. The van der Waals surface area contributed by atoms with Gasteiger partial charge in [-0.2, -0.15) is 0 Å². The Labute approximate surface area is 131 Å². The van der Waals surface area contributed by atoms with Crippen LogP contribution in [-0.2, 0) is 12.8 Å². The largest absolute Gasteiger partial charge is 0.475 e. The average Bonchev–Trinajstić information content (AvgIpc) is 3.15. The van der Waals surface area contributed by atoms with Crippen LogP contribution in [-0.4, -0.2) is 41.3 Å². The summed E-state index contributed by atoms with van der Waals surface area (Å²) in [6, 6.07) is 8.63. The number of hydrogen-bond donors (Lipinski definition) is 1. The second kappa shape index (κ2) is 6.13. The third kappa shape index (κ3) is 2.63. The number of rotatable bonds is 4. The Morgan fingerprint density at radius 2 is 1.95 bits per heavy atom. The summed E-state index contributed by atoms with van der Waals surface area (Å²) >= 11 is 0. The second-order valence-corrected chi connectivity index (χ2v) is 6.29. The third-order valence-electron chi connectivity index (χ3n) is 4.83. The van der Waals surface area contributed by atoms with E-state index in [9.17, 15) is 0 Å². The molecule has 0 bridgehead atoms. The summed E-state index contributed by atoms with van der Waals surface area (Å²) in [7, 11) is 0. The first-order chi connectivity index (χ1) is 10.9. The van der Waals surface area contributed by atoms with Gasteiger partial charge >= 0.3 is 0 Å². The maximum Gasteiger partial charge on any atom is 0.236 e. The lowest BCUT2D eigenvalue weighted by Gasteiger charge is -2.14. The van der Waals surface area contributed by atoms with E-state index in [1.54, 1.807) is 0 Å². The van der Waals surface area contributed by atoms with Gasteiger partial charge in [0.2, 0.25) is 5.88 Å². The molecule has 1 aromatic carbocycles. The van der Waals surface area contributed by atoms with Gasteiger partial charge < -0.3 is 4.74 Å². The number of ether oxygens (including phenoxy) is 1. The van der Waals surface area contributed by atoms with E-state index in [1.807, 2.05) is 0 Å². The lowest BCUT2D eigenvalue weighted by Crippen LogP contribution is -2.25. The van der Waals surface area contributed by atoms with Crippen molar-refractivity contribution in [3.05, 3.63) is 35.4 Å². The van der Waals surface area contributed by atoms with Crippen molar-refractivity contribution < 1.29 is 4.74 Å². The molecule has 1 aliphatic carbocycles. The van der Waals surface area contributed by atoms with Crippen molar-refractivity contribution >= 4 is 0 Å². The van der Waals surface area contributed by atoms with Crippen LogP contribution in [0.4, 0.5) is 0 Å². The highest BCUT2D eigenvalue weighted by atomic mass is 16.5. The molecule has 0 spiro atoms. The predicted molar refractivity (Wildman–Crippen MR) is 87.2 cm³/mol. The third-order valence-corrected chi connectivity index (χ3v) is 4.83. The minimum Gasteiger partial charge on any atom is -0.475 e. The van der Waals surface area contributed by atoms with Crippen LogP contribution >= 0.6 is 0 Å². The number of likely N-dealkylation sites (tertiary alicyclic amines) is 1. The van der Waals surface area contributed by atoms with Gasteiger partial charge in [0.25, 0.3) is 0 Å². The minimum atomic E-state index is 0.735. The summed E-state index contributed by atoms with van der Waals surface area (Å²) in [6.07, 6.45) is 5.99. The van der Waals surface area contributed by atoms with Crippen LogP contribution in [0.25, 0.3) is 11.3 Å². The van der Waals surface area contributed by atoms with Gasteiger partial charge in [-0.25, -0.2) is 0 Å². The Morgan fingerprint density at radius 3 is 2.86 bits per heavy atom. The zero-order chi connectivity index (χ0) is 14.8. The smallest absolute Gasteiger partial charge is 0.236 e. The first kappa shape index (κ1) is 13.8. The zero-order valence-corrected chi connectivity index (χ0v) is 13.0. The second-order valence-electron chi connectivity index (χ2n) is 6.29. The SMILES string of the molecule is c1ccc2c(c1)CCCc1c(OCCN3CCCC3)n[nH]c1-2. The lowest BCUT2D eigenvalue weighted by molar-refractivity contribution is 0.230. The zero-order valence-electron chi connectivity index (χ0n) is 13.0. The summed E-state index contributed by atoms with van der Waals surface area (Å²) in [5, 5.41) is 7.65. The standard InChI is InChI=1S/C18H23N3O/c1-2-8-15-14(6-1)7-5-9-16-17(15)19-20-18(16)22-13-12-21-10-3-4-11-21/h1-2,6,8H,3-5,7,9-13H2,(H,19,20).